The van der Waals surface area contributed by atoms with Gasteiger partial charge in [0.2, 0.25) is 0 Å². The Labute approximate surface area is 125 Å². The quantitative estimate of drug-likeness (QED) is 0.890. The van der Waals surface area contributed by atoms with Gasteiger partial charge in [-0.15, -0.1) is 0 Å². The molecule has 0 spiro atoms. The van der Waals surface area contributed by atoms with Gasteiger partial charge in [-0.1, -0.05) is 26.0 Å². The van der Waals surface area contributed by atoms with E-state index in [-0.39, 0.29) is 12.4 Å². The number of ether oxygens (including phenoxy) is 1. The van der Waals surface area contributed by atoms with Gasteiger partial charge in [-0.25, -0.2) is 4.39 Å². The molecule has 2 aromatic carbocycles. The summed E-state index contributed by atoms with van der Waals surface area (Å²) in [4.78, 5) is 0. The van der Waals surface area contributed by atoms with Crippen molar-refractivity contribution < 1.29 is 9.13 Å². The van der Waals surface area contributed by atoms with Crippen LogP contribution in [0.2, 0.25) is 0 Å². The van der Waals surface area contributed by atoms with Crippen LogP contribution in [0.3, 0.4) is 0 Å². The Kier molecular flexibility index (Phi) is 4.97. The molecular weight excluding hydrogens is 265 g/mol. The third-order valence-corrected chi connectivity index (χ3v) is 3.60. The molecular formula is C18H22FNO. The molecule has 0 aliphatic heterocycles. The Morgan fingerprint density at radius 2 is 1.90 bits per heavy atom. The first-order valence-electron chi connectivity index (χ1n) is 7.22. The van der Waals surface area contributed by atoms with Crippen molar-refractivity contribution in [2.24, 2.45) is 5.73 Å². The maximum absolute atomic E-state index is 13.7. The Balaban J connectivity index is 2.11. The summed E-state index contributed by atoms with van der Waals surface area (Å²) in [6.07, 6.45) is 0. The van der Waals surface area contributed by atoms with E-state index in [1.165, 1.54) is 17.2 Å². The highest BCUT2D eigenvalue weighted by molar-refractivity contribution is 5.36. The molecule has 0 heterocycles. The van der Waals surface area contributed by atoms with Crippen molar-refractivity contribution in [1.82, 2.24) is 0 Å². The number of nitrogens with two attached hydrogens (primary N) is 1. The van der Waals surface area contributed by atoms with Crippen LogP contribution < -0.4 is 10.5 Å². The highest BCUT2D eigenvalue weighted by atomic mass is 19.1. The fraction of sp³-hybridized carbons (Fsp3) is 0.333. The standard InChI is InChI=1S/C18H22FNO/c1-12(2)17-6-5-16(8-13(17)3)21-11-15-9-14(10-20)4-7-18(15)19/h4-9,12H,10-11,20H2,1-3H3. The molecule has 112 valence electrons. The predicted molar refractivity (Wildman–Crippen MR) is 83.9 cm³/mol. The molecule has 0 saturated heterocycles. The Morgan fingerprint density at radius 1 is 1.14 bits per heavy atom. The molecule has 0 radical (unpaired) electrons. The normalized spacial score (nSPS) is 11.0. The van der Waals surface area contributed by atoms with Gasteiger partial charge < -0.3 is 10.5 Å². The van der Waals surface area contributed by atoms with Crippen LogP contribution in [0.4, 0.5) is 4.39 Å². The van der Waals surface area contributed by atoms with Gasteiger partial charge in [0.15, 0.2) is 0 Å². The number of hydrogen-bond acceptors (Lipinski definition) is 2. The third kappa shape index (κ3) is 3.82. The Hall–Kier alpha value is -1.87. The summed E-state index contributed by atoms with van der Waals surface area (Å²) in [5.74, 6) is 0.981. The smallest absolute Gasteiger partial charge is 0.129 e. The van der Waals surface area contributed by atoms with E-state index < -0.39 is 0 Å². The molecule has 2 aromatic rings. The first kappa shape index (κ1) is 15.5. The van der Waals surface area contributed by atoms with Crippen LogP contribution in [0.25, 0.3) is 0 Å². The van der Waals surface area contributed by atoms with Gasteiger partial charge in [-0.2, -0.15) is 0 Å². The first-order valence-corrected chi connectivity index (χ1v) is 7.22. The minimum absolute atomic E-state index is 0.208. The topological polar surface area (TPSA) is 35.2 Å². The molecule has 2 rings (SSSR count). The largest absolute Gasteiger partial charge is 0.489 e. The molecule has 0 aliphatic carbocycles. The highest BCUT2D eigenvalue weighted by Gasteiger charge is 2.07. The molecule has 0 bridgehead atoms. The summed E-state index contributed by atoms with van der Waals surface area (Å²) in [7, 11) is 0. The lowest BCUT2D eigenvalue weighted by Gasteiger charge is -2.13. The molecule has 0 fully saturated rings. The van der Waals surface area contributed by atoms with Crippen molar-refractivity contribution in [3.8, 4) is 5.75 Å². The van der Waals surface area contributed by atoms with E-state index in [2.05, 4.69) is 26.8 Å². The molecule has 21 heavy (non-hydrogen) atoms. The lowest BCUT2D eigenvalue weighted by atomic mass is 9.98. The van der Waals surface area contributed by atoms with Gasteiger partial charge in [0, 0.05) is 12.1 Å². The van der Waals surface area contributed by atoms with Crippen LogP contribution in [0, 0.1) is 12.7 Å². The van der Waals surface area contributed by atoms with Crippen LogP contribution in [-0.4, -0.2) is 0 Å². The summed E-state index contributed by atoms with van der Waals surface area (Å²) in [6, 6.07) is 10.9. The monoisotopic (exact) mass is 287 g/mol. The number of rotatable bonds is 5. The van der Waals surface area contributed by atoms with Gasteiger partial charge in [-0.3, -0.25) is 0 Å². The molecule has 0 aliphatic rings. The van der Waals surface area contributed by atoms with E-state index in [1.807, 2.05) is 12.1 Å². The van der Waals surface area contributed by atoms with E-state index in [0.29, 0.717) is 18.0 Å². The van der Waals surface area contributed by atoms with Gasteiger partial charge >= 0.3 is 0 Å². The van der Waals surface area contributed by atoms with Crippen LogP contribution in [0.15, 0.2) is 36.4 Å². The maximum Gasteiger partial charge on any atom is 0.129 e. The minimum atomic E-state index is -0.261. The third-order valence-electron chi connectivity index (χ3n) is 3.60. The average molecular weight is 287 g/mol. The van der Waals surface area contributed by atoms with E-state index in [0.717, 1.165) is 11.3 Å². The van der Waals surface area contributed by atoms with E-state index >= 15 is 0 Å². The lowest BCUT2D eigenvalue weighted by molar-refractivity contribution is 0.299. The summed E-state index contributed by atoms with van der Waals surface area (Å²) in [5, 5.41) is 0. The van der Waals surface area contributed by atoms with Gasteiger partial charge in [-0.05, 0) is 53.8 Å². The van der Waals surface area contributed by atoms with Crippen LogP contribution in [0.1, 0.15) is 42.0 Å². The van der Waals surface area contributed by atoms with Crippen molar-refractivity contribution in [2.45, 2.75) is 39.8 Å². The summed E-state index contributed by atoms with van der Waals surface area (Å²) < 4.78 is 19.4. The molecule has 3 heteroatoms. The van der Waals surface area contributed by atoms with E-state index in [9.17, 15) is 4.39 Å². The van der Waals surface area contributed by atoms with Crippen molar-refractivity contribution >= 4 is 0 Å². The zero-order chi connectivity index (χ0) is 15.4. The zero-order valence-corrected chi connectivity index (χ0v) is 12.8. The van der Waals surface area contributed by atoms with Gasteiger partial charge in [0.1, 0.15) is 18.2 Å². The first-order chi connectivity index (χ1) is 10.0. The lowest BCUT2D eigenvalue weighted by Crippen LogP contribution is -2.03. The second-order valence-corrected chi connectivity index (χ2v) is 5.59. The Bertz CT molecular complexity index is 623. The van der Waals surface area contributed by atoms with E-state index in [4.69, 9.17) is 10.5 Å². The molecule has 0 unspecified atom stereocenters. The van der Waals surface area contributed by atoms with Crippen molar-refractivity contribution in [1.29, 1.82) is 0 Å². The second kappa shape index (κ2) is 6.72. The van der Waals surface area contributed by atoms with Gasteiger partial charge in [0.05, 0.1) is 0 Å². The molecule has 0 atom stereocenters. The summed E-state index contributed by atoms with van der Waals surface area (Å²) in [5.41, 5.74) is 9.51. The average Bonchev–Trinajstić information content (AvgIpc) is 2.46. The number of aryl methyl sites for hydroxylation is 1. The fourth-order valence-corrected chi connectivity index (χ4v) is 2.41. The van der Waals surface area contributed by atoms with Crippen LogP contribution in [-0.2, 0) is 13.2 Å². The highest BCUT2D eigenvalue weighted by Crippen LogP contribution is 2.24. The van der Waals surface area contributed by atoms with Crippen LogP contribution in [0.5, 0.6) is 5.75 Å². The molecule has 0 amide bonds. The number of benzene rings is 2. The molecule has 0 aromatic heterocycles. The molecule has 0 saturated carbocycles. The Morgan fingerprint density at radius 3 is 2.52 bits per heavy atom. The van der Waals surface area contributed by atoms with Crippen molar-refractivity contribution in [3.63, 3.8) is 0 Å². The summed E-state index contributed by atoms with van der Waals surface area (Å²) >= 11 is 0. The van der Waals surface area contributed by atoms with E-state index in [1.54, 1.807) is 12.1 Å². The molecule has 2 nitrogen and oxygen atoms in total. The molecule has 2 N–H and O–H groups in total. The SMILES string of the molecule is Cc1cc(OCc2cc(CN)ccc2F)ccc1C(C)C. The summed E-state index contributed by atoms with van der Waals surface area (Å²) in [6.45, 7) is 7.00. The maximum atomic E-state index is 13.7. The van der Waals surface area contributed by atoms with Gasteiger partial charge in [0.25, 0.3) is 0 Å². The fourth-order valence-electron chi connectivity index (χ4n) is 2.41. The number of hydrogen-bond donors (Lipinski definition) is 1. The zero-order valence-electron chi connectivity index (χ0n) is 12.8. The predicted octanol–water partition coefficient (Wildman–Crippen LogP) is 4.30. The van der Waals surface area contributed by atoms with Crippen molar-refractivity contribution in [2.75, 3.05) is 0 Å². The van der Waals surface area contributed by atoms with Crippen molar-refractivity contribution in [3.05, 3.63) is 64.5 Å². The van der Waals surface area contributed by atoms with Crippen LogP contribution >= 0.6 is 0 Å². The number of halogens is 1. The minimum Gasteiger partial charge on any atom is -0.489 e. The second-order valence-electron chi connectivity index (χ2n) is 5.59.